The van der Waals surface area contributed by atoms with Gasteiger partial charge in [0, 0.05) is 41.9 Å². The molecule has 0 bridgehead atoms. The molecule has 0 aliphatic heterocycles. The van der Waals surface area contributed by atoms with Crippen LogP contribution in [-0.4, -0.2) is 58.6 Å². The van der Waals surface area contributed by atoms with Crippen molar-refractivity contribution in [2.45, 2.75) is 38.8 Å². The zero-order valence-electron chi connectivity index (χ0n) is 21.1. The number of anilines is 3. The monoisotopic (exact) mass is 506 g/mol. The SMILES string of the molecule is COC(=O)C(CCNC(=O)OC(C)(C)C)Nc1ncc(-c2ccnc(Nc3cccc(C=O)c3)c2)cn1. The van der Waals surface area contributed by atoms with E-state index < -0.39 is 23.7 Å². The largest absolute Gasteiger partial charge is 0.467 e. The zero-order valence-corrected chi connectivity index (χ0v) is 21.1. The van der Waals surface area contributed by atoms with Crippen LogP contribution in [0.25, 0.3) is 11.1 Å². The van der Waals surface area contributed by atoms with Crippen molar-refractivity contribution in [3.63, 3.8) is 0 Å². The number of pyridine rings is 1. The molecular formula is C26H30N6O5. The van der Waals surface area contributed by atoms with E-state index in [0.29, 0.717) is 11.4 Å². The molecule has 11 heteroatoms. The van der Waals surface area contributed by atoms with Crippen molar-refractivity contribution in [2.24, 2.45) is 0 Å². The molecular weight excluding hydrogens is 476 g/mol. The Balaban J connectivity index is 1.63. The Labute approximate surface area is 215 Å². The summed E-state index contributed by atoms with van der Waals surface area (Å²) in [5.74, 6) is 0.308. The highest BCUT2D eigenvalue weighted by Gasteiger charge is 2.21. The molecule has 0 aliphatic rings. The first-order chi connectivity index (χ1) is 17.7. The topological polar surface area (TPSA) is 144 Å². The van der Waals surface area contributed by atoms with E-state index in [-0.39, 0.29) is 18.9 Å². The molecule has 2 heterocycles. The summed E-state index contributed by atoms with van der Waals surface area (Å²) in [5.41, 5.74) is 2.23. The lowest BCUT2D eigenvalue weighted by atomic mass is 10.1. The van der Waals surface area contributed by atoms with Gasteiger partial charge in [0.1, 0.15) is 23.7 Å². The second-order valence-electron chi connectivity index (χ2n) is 9.03. The number of benzene rings is 1. The van der Waals surface area contributed by atoms with Crippen molar-refractivity contribution in [1.82, 2.24) is 20.3 Å². The average molecular weight is 507 g/mol. The van der Waals surface area contributed by atoms with Crippen LogP contribution in [0.15, 0.2) is 55.0 Å². The summed E-state index contributed by atoms with van der Waals surface area (Å²) >= 11 is 0. The Morgan fingerprint density at radius 2 is 1.81 bits per heavy atom. The molecule has 3 N–H and O–H groups in total. The van der Waals surface area contributed by atoms with Gasteiger partial charge in [-0.2, -0.15) is 0 Å². The highest BCUT2D eigenvalue weighted by Crippen LogP contribution is 2.23. The summed E-state index contributed by atoms with van der Waals surface area (Å²) in [6, 6.07) is 9.95. The van der Waals surface area contributed by atoms with Gasteiger partial charge in [-0.15, -0.1) is 0 Å². The molecule has 1 atom stereocenters. The van der Waals surface area contributed by atoms with Gasteiger partial charge in [-0.25, -0.2) is 24.5 Å². The molecule has 0 spiro atoms. The number of aldehydes is 1. The van der Waals surface area contributed by atoms with Crippen molar-refractivity contribution in [1.29, 1.82) is 0 Å². The molecule has 3 aromatic rings. The number of nitrogens with zero attached hydrogens (tertiary/aromatic N) is 3. The molecule has 1 aromatic carbocycles. The lowest BCUT2D eigenvalue weighted by Crippen LogP contribution is -2.38. The molecule has 194 valence electrons. The van der Waals surface area contributed by atoms with E-state index in [1.165, 1.54) is 7.11 Å². The zero-order chi connectivity index (χ0) is 26.8. The summed E-state index contributed by atoms with van der Waals surface area (Å²) in [5, 5.41) is 8.73. The third kappa shape index (κ3) is 8.57. The van der Waals surface area contributed by atoms with Crippen molar-refractivity contribution in [2.75, 3.05) is 24.3 Å². The van der Waals surface area contributed by atoms with Gasteiger partial charge in [0.2, 0.25) is 5.95 Å². The lowest BCUT2D eigenvalue weighted by Gasteiger charge is -2.20. The summed E-state index contributed by atoms with van der Waals surface area (Å²) in [7, 11) is 1.28. The number of ether oxygens (including phenoxy) is 2. The van der Waals surface area contributed by atoms with E-state index in [2.05, 4.69) is 30.9 Å². The number of methoxy groups -OCH3 is 1. The molecule has 1 amide bonds. The summed E-state index contributed by atoms with van der Waals surface area (Å²) in [6.07, 6.45) is 5.34. The molecule has 0 fully saturated rings. The van der Waals surface area contributed by atoms with Gasteiger partial charge in [-0.1, -0.05) is 12.1 Å². The number of alkyl carbamates (subject to hydrolysis) is 1. The molecule has 0 radical (unpaired) electrons. The van der Waals surface area contributed by atoms with Gasteiger partial charge in [-0.3, -0.25) is 4.79 Å². The lowest BCUT2D eigenvalue weighted by molar-refractivity contribution is -0.141. The summed E-state index contributed by atoms with van der Waals surface area (Å²) in [6.45, 7) is 5.48. The predicted octanol–water partition coefficient (Wildman–Crippen LogP) is 3.96. The van der Waals surface area contributed by atoms with Gasteiger partial charge in [-0.05, 0) is 57.0 Å². The standard InChI is InChI=1S/C26H30N6O5/c1-26(2,3)37-25(35)28-11-9-21(23(34)36-4)32-24-29-14-19(15-30-24)18-8-10-27-22(13-18)31-20-7-5-6-17(12-20)16-33/h5-8,10,12-16,21H,9,11H2,1-4H3,(H,27,31)(H,28,35)(H,29,30,32). The third-order valence-electron chi connectivity index (χ3n) is 4.93. The molecule has 37 heavy (non-hydrogen) atoms. The van der Waals surface area contributed by atoms with Crippen LogP contribution < -0.4 is 16.0 Å². The first kappa shape index (κ1) is 27.1. The maximum Gasteiger partial charge on any atom is 0.407 e. The fraction of sp³-hybridized carbons (Fsp3) is 0.308. The Bertz CT molecular complexity index is 1230. The van der Waals surface area contributed by atoms with E-state index in [9.17, 15) is 14.4 Å². The third-order valence-corrected chi connectivity index (χ3v) is 4.93. The van der Waals surface area contributed by atoms with Crippen LogP contribution in [0, 0.1) is 0 Å². The molecule has 0 saturated carbocycles. The van der Waals surface area contributed by atoms with Crippen LogP contribution in [0.3, 0.4) is 0 Å². The number of carbonyl (C=O) groups excluding carboxylic acids is 3. The van der Waals surface area contributed by atoms with E-state index in [0.717, 1.165) is 23.1 Å². The molecule has 3 rings (SSSR count). The Kier molecular flexibility index (Phi) is 9.09. The number of amides is 1. The van der Waals surface area contributed by atoms with Gasteiger partial charge < -0.3 is 25.4 Å². The number of nitrogens with one attached hydrogen (secondary N) is 3. The van der Waals surface area contributed by atoms with E-state index in [1.807, 2.05) is 18.2 Å². The number of aromatic nitrogens is 3. The van der Waals surface area contributed by atoms with Crippen LogP contribution >= 0.6 is 0 Å². The first-order valence-electron chi connectivity index (χ1n) is 11.6. The van der Waals surface area contributed by atoms with Crippen LogP contribution in [0.5, 0.6) is 0 Å². The number of rotatable bonds is 10. The van der Waals surface area contributed by atoms with Crippen LogP contribution in [-0.2, 0) is 14.3 Å². The molecule has 11 nitrogen and oxygen atoms in total. The van der Waals surface area contributed by atoms with E-state index >= 15 is 0 Å². The summed E-state index contributed by atoms with van der Waals surface area (Å²) in [4.78, 5) is 48.0. The van der Waals surface area contributed by atoms with Crippen LogP contribution in [0.1, 0.15) is 37.6 Å². The second-order valence-corrected chi connectivity index (χ2v) is 9.03. The number of hydrogen-bond donors (Lipinski definition) is 3. The van der Waals surface area contributed by atoms with Gasteiger partial charge in [0.25, 0.3) is 0 Å². The van der Waals surface area contributed by atoms with E-state index in [1.54, 1.807) is 57.6 Å². The first-order valence-corrected chi connectivity index (χ1v) is 11.6. The number of carbonyl (C=O) groups is 3. The Hall–Kier alpha value is -4.54. The number of esters is 1. The van der Waals surface area contributed by atoms with Crippen molar-refractivity contribution in [3.05, 3.63) is 60.6 Å². The number of hydrogen-bond acceptors (Lipinski definition) is 10. The van der Waals surface area contributed by atoms with Crippen molar-refractivity contribution in [3.8, 4) is 11.1 Å². The quantitative estimate of drug-likeness (QED) is 0.273. The van der Waals surface area contributed by atoms with Gasteiger partial charge in [0.15, 0.2) is 0 Å². The normalized spacial score (nSPS) is 11.7. The highest BCUT2D eigenvalue weighted by molar-refractivity contribution is 5.79. The van der Waals surface area contributed by atoms with Gasteiger partial charge in [0.05, 0.1) is 7.11 Å². The maximum atomic E-state index is 12.2. The van der Waals surface area contributed by atoms with Crippen LogP contribution in [0.4, 0.5) is 22.2 Å². The fourth-order valence-electron chi connectivity index (χ4n) is 3.25. The van der Waals surface area contributed by atoms with Crippen LogP contribution in [0.2, 0.25) is 0 Å². The highest BCUT2D eigenvalue weighted by atomic mass is 16.6. The average Bonchev–Trinajstić information content (AvgIpc) is 2.87. The van der Waals surface area contributed by atoms with Crippen molar-refractivity contribution < 1.29 is 23.9 Å². The minimum atomic E-state index is -0.773. The Morgan fingerprint density at radius 1 is 1.05 bits per heavy atom. The van der Waals surface area contributed by atoms with E-state index in [4.69, 9.17) is 9.47 Å². The Morgan fingerprint density at radius 3 is 2.49 bits per heavy atom. The smallest absolute Gasteiger partial charge is 0.407 e. The molecule has 1 unspecified atom stereocenters. The van der Waals surface area contributed by atoms with Crippen molar-refractivity contribution >= 4 is 35.8 Å². The summed E-state index contributed by atoms with van der Waals surface area (Å²) < 4.78 is 10.1. The minimum Gasteiger partial charge on any atom is -0.467 e. The molecule has 2 aromatic heterocycles. The minimum absolute atomic E-state index is 0.183. The maximum absolute atomic E-state index is 12.2. The second kappa shape index (κ2) is 12.4. The van der Waals surface area contributed by atoms with Gasteiger partial charge >= 0.3 is 12.1 Å². The molecule has 0 aliphatic carbocycles. The predicted molar refractivity (Wildman–Crippen MR) is 139 cm³/mol. The molecule has 0 saturated heterocycles. The fourth-order valence-corrected chi connectivity index (χ4v) is 3.25.